The number of hydrogen-bond donors (Lipinski definition) is 1. The molecule has 0 radical (unpaired) electrons. The minimum atomic E-state index is -4.03. The molecule has 3 rings (SSSR count). The Morgan fingerprint density at radius 2 is 1.53 bits per heavy atom. The maximum Gasteiger partial charge on any atom is 0.245 e. The SMILES string of the molecule is COc1ncnc(OC)c1-n1c(NS(=O)(=O)[C@@H](C)[C@H](C)c2ncc(Cl)cn2)nnc1[C@@H](C)OC(C)C. The van der Waals surface area contributed by atoms with Crippen LogP contribution in [0, 0.1) is 0 Å². The summed E-state index contributed by atoms with van der Waals surface area (Å²) in [5, 5.41) is 7.72. The fourth-order valence-electron chi connectivity index (χ4n) is 3.41. The zero-order chi connectivity index (χ0) is 26.6. The van der Waals surface area contributed by atoms with Crippen molar-refractivity contribution in [1.29, 1.82) is 0 Å². The summed E-state index contributed by atoms with van der Waals surface area (Å²) < 4.78 is 47.5. The number of sulfonamides is 1. The second-order valence-corrected chi connectivity index (χ2v) is 10.7. The number of methoxy groups -OCH3 is 2. The summed E-state index contributed by atoms with van der Waals surface area (Å²) in [4.78, 5) is 16.6. The first-order valence-corrected chi connectivity index (χ1v) is 13.0. The van der Waals surface area contributed by atoms with Crippen LogP contribution in [0.5, 0.6) is 11.8 Å². The van der Waals surface area contributed by atoms with Crippen LogP contribution in [0.15, 0.2) is 18.7 Å². The molecule has 0 aliphatic heterocycles. The van der Waals surface area contributed by atoms with Gasteiger partial charge in [0.15, 0.2) is 11.5 Å². The molecule has 1 N–H and O–H groups in total. The normalized spacial score (nSPS) is 14.4. The van der Waals surface area contributed by atoms with Crippen LogP contribution >= 0.6 is 11.6 Å². The Balaban J connectivity index is 2.09. The van der Waals surface area contributed by atoms with Gasteiger partial charge in [-0.05, 0) is 27.7 Å². The van der Waals surface area contributed by atoms with Gasteiger partial charge in [0, 0.05) is 18.3 Å². The van der Waals surface area contributed by atoms with Gasteiger partial charge in [0.2, 0.25) is 27.7 Å². The van der Waals surface area contributed by atoms with Gasteiger partial charge in [0.05, 0.1) is 30.6 Å². The molecule has 3 atom stereocenters. The maximum absolute atomic E-state index is 13.4. The summed E-state index contributed by atoms with van der Waals surface area (Å²) in [7, 11) is -1.19. The monoisotopic (exact) mass is 540 g/mol. The molecule has 0 aliphatic carbocycles. The molecule has 0 aromatic carbocycles. The van der Waals surface area contributed by atoms with Crippen molar-refractivity contribution in [1.82, 2.24) is 34.7 Å². The number of ether oxygens (including phenoxy) is 3. The summed E-state index contributed by atoms with van der Waals surface area (Å²) in [6.45, 7) is 8.76. The summed E-state index contributed by atoms with van der Waals surface area (Å²) in [5.41, 5.74) is 0.209. The van der Waals surface area contributed by atoms with Crippen LogP contribution in [0.4, 0.5) is 5.95 Å². The van der Waals surface area contributed by atoms with E-state index >= 15 is 0 Å². The fourth-order valence-corrected chi connectivity index (χ4v) is 4.74. The Kier molecular flexibility index (Phi) is 8.63. The average molecular weight is 541 g/mol. The minimum Gasteiger partial charge on any atom is -0.479 e. The summed E-state index contributed by atoms with van der Waals surface area (Å²) in [6, 6.07) is 0. The number of hydrogen-bond acceptors (Lipinski definition) is 11. The second kappa shape index (κ2) is 11.3. The van der Waals surface area contributed by atoms with Gasteiger partial charge in [-0.3, -0.25) is 9.29 Å². The quantitative estimate of drug-likeness (QED) is 0.381. The number of rotatable bonds is 11. The van der Waals surface area contributed by atoms with Crippen molar-refractivity contribution < 1.29 is 22.6 Å². The predicted molar refractivity (Wildman–Crippen MR) is 132 cm³/mol. The Morgan fingerprint density at radius 1 is 0.944 bits per heavy atom. The highest BCUT2D eigenvalue weighted by Gasteiger charge is 2.33. The lowest BCUT2D eigenvalue weighted by Gasteiger charge is -2.22. The van der Waals surface area contributed by atoms with Gasteiger partial charge in [-0.15, -0.1) is 10.2 Å². The van der Waals surface area contributed by atoms with Crippen LogP contribution in [0.1, 0.15) is 58.3 Å². The highest BCUT2D eigenvalue weighted by molar-refractivity contribution is 7.93. The average Bonchev–Trinajstić information content (AvgIpc) is 3.24. The van der Waals surface area contributed by atoms with Crippen LogP contribution in [-0.2, 0) is 14.8 Å². The number of halogens is 1. The summed E-state index contributed by atoms with van der Waals surface area (Å²) in [6.07, 6.45) is 3.38. The second-order valence-electron chi connectivity index (χ2n) is 8.19. The van der Waals surface area contributed by atoms with Crippen molar-refractivity contribution in [3.05, 3.63) is 35.4 Å². The zero-order valence-electron chi connectivity index (χ0n) is 21.0. The van der Waals surface area contributed by atoms with E-state index in [0.29, 0.717) is 10.8 Å². The third-order valence-corrected chi connectivity index (χ3v) is 7.42. The van der Waals surface area contributed by atoms with Crippen molar-refractivity contribution in [3.8, 4) is 17.4 Å². The number of anilines is 1. The summed E-state index contributed by atoms with van der Waals surface area (Å²) >= 11 is 5.86. The number of nitrogens with one attached hydrogen (secondary N) is 1. The molecule has 3 heterocycles. The van der Waals surface area contributed by atoms with Crippen molar-refractivity contribution >= 4 is 27.6 Å². The topological polar surface area (TPSA) is 156 Å². The molecule has 3 aromatic rings. The first-order chi connectivity index (χ1) is 17.0. The van der Waals surface area contributed by atoms with E-state index in [9.17, 15) is 8.42 Å². The van der Waals surface area contributed by atoms with Gasteiger partial charge in [-0.2, -0.15) is 9.97 Å². The Bertz CT molecular complexity index is 1260. The molecule has 0 spiro atoms. The van der Waals surface area contributed by atoms with Crippen LogP contribution in [-0.4, -0.2) is 68.7 Å². The first-order valence-electron chi connectivity index (χ1n) is 11.0. The Hall–Kier alpha value is -3.10. The molecule has 15 heteroatoms. The zero-order valence-corrected chi connectivity index (χ0v) is 22.6. The van der Waals surface area contributed by atoms with E-state index in [2.05, 4.69) is 34.9 Å². The molecule has 0 saturated carbocycles. The maximum atomic E-state index is 13.4. The first kappa shape index (κ1) is 27.5. The fraction of sp³-hybridized carbons (Fsp3) is 0.524. The Morgan fingerprint density at radius 3 is 2.06 bits per heavy atom. The van der Waals surface area contributed by atoms with E-state index in [1.807, 2.05) is 13.8 Å². The van der Waals surface area contributed by atoms with Gasteiger partial charge >= 0.3 is 0 Å². The van der Waals surface area contributed by atoms with Gasteiger partial charge < -0.3 is 14.2 Å². The van der Waals surface area contributed by atoms with Crippen molar-refractivity contribution in [2.75, 3.05) is 18.9 Å². The smallest absolute Gasteiger partial charge is 0.245 e. The minimum absolute atomic E-state index is 0.119. The van der Waals surface area contributed by atoms with Crippen LogP contribution in [0.3, 0.4) is 0 Å². The van der Waals surface area contributed by atoms with E-state index in [1.165, 1.54) is 37.5 Å². The van der Waals surface area contributed by atoms with E-state index < -0.39 is 27.3 Å². The lowest BCUT2D eigenvalue weighted by atomic mass is 10.1. The molecule has 0 bridgehead atoms. The van der Waals surface area contributed by atoms with Crippen molar-refractivity contribution in [3.63, 3.8) is 0 Å². The molecule has 0 fully saturated rings. The largest absolute Gasteiger partial charge is 0.479 e. The molecule has 0 unspecified atom stereocenters. The molecule has 0 aliphatic rings. The van der Waals surface area contributed by atoms with Gasteiger partial charge in [-0.1, -0.05) is 18.5 Å². The van der Waals surface area contributed by atoms with Gasteiger partial charge in [0.25, 0.3) is 0 Å². The van der Waals surface area contributed by atoms with Crippen molar-refractivity contribution in [2.45, 2.75) is 58.0 Å². The van der Waals surface area contributed by atoms with Crippen molar-refractivity contribution in [2.24, 2.45) is 0 Å². The molecular weight excluding hydrogens is 512 g/mol. The molecule has 3 aromatic heterocycles. The molecule has 13 nitrogen and oxygen atoms in total. The van der Waals surface area contributed by atoms with Crippen LogP contribution < -0.4 is 14.2 Å². The lowest BCUT2D eigenvalue weighted by Crippen LogP contribution is -2.31. The van der Waals surface area contributed by atoms with E-state index in [1.54, 1.807) is 20.8 Å². The van der Waals surface area contributed by atoms with E-state index in [0.717, 1.165) is 0 Å². The molecule has 36 heavy (non-hydrogen) atoms. The third kappa shape index (κ3) is 5.82. The predicted octanol–water partition coefficient (Wildman–Crippen LogP) is 2.94. The van der Waals surface area contributed by atoms with Gasteiger partial charge in [0.1, 0.15) is 18.3 Å². The van der Waals surface area contributed by atoms with E-state index in [-0.39, 0.29) is 35.3 Å². The summed E-state index contributed by atoms with van der Waals surface area (Å²) in [5.74, 6) is 0.175. The van der Waals surface area contributed by atoms with Gasteiger partial charge in [-0.25, -0.2) is 18.4 Å². The van der Waals surface area contributed by atoms with Crippen LogP contribution in [0.2, 0.25) is 5.02 Å². The highest BCUT2D eigenvalue weighted by atomic mass is 35.5. The van der Waals surface area contributed by atoms with Crippen LogP contribution in [0.25, 0.3) is 5.69 Å². The third-order valence-electron chi connectivity index (χ3n) is 5.37. The number of nitrogens with zero attached hydrogens (tertiary/aromatic N) is 7. The number of aromatic nitrogens is 7. The molecule has 0 amide bonds. The highest BCUT2D eigenvalue weighted by Crippen LogP contribution is 2.35. The molecule has 0 saturated heterocycles. The standard InChI is InChI=1S/C21H29ClN8O5S/c1-11(2)35-13(4)18-27-28-21(30(18)16-19(33-6)25-10-26-20(16)34-7)29-36(31,32)14(5)12(3)17-23-8-15(22)9-24-17/h8-14H,1-7H3,(H,28,29)/t12-,13+,14-/m0/s1. The lowest BCUT2D eigenvalue weighted by molar-refractivity contribution is 0.0119. The Labute approximate surface area is 214 Å². The molecule has 196 valence electrons. The molecular formula is C21H29ClN8O5S. The van der Waals surface area contributed by atoms with E-state index in [4.69, 9.17) is 25.8 Å².